The second kappa shape index (κ2) is 20.6. The average Bonchev–Trinajstić information content (AvgIpc) is 3.16. The second-order valence-corrected chi connectivity index (χ2v) is 18.0. The molecule has 0 amide bonds. The lowest BCUT2D eigenvalue weighted by atomic mass is 9.74. The maximum Gasteiger partial charge on any atom is 0.330 e. The molecule has 0 unspecified atom stereocenters. The fraction of sp³-hybridized carbons (Fsp3) is 0.800. The number of rotatable bonds is 3. The fourth-order valence-corrected chi connectivity index (χ4v) is 9.01. The van der Waals surface area contributed by atoms with Gasteiger partial charge in [0, 0.05) is 48.0 Å². The molecule has 0 aromatic carbocycles. The summed E-state index contributed by atoms with van der Waals surface area (Å²) in [5, 5.41) is 55.0. The van der Waals surface area contributed by atoms with Crippen molar-refractivity contribution in [3.8, 4) is 0 Å². The predicted molar refractivity (Wildman–Crippen MR) is 215 cm³/mol. The Hall–Kier alpha value is -2.25. The van der Waals surface area contributed by atoms with Crippen LogP contribution in [-0.2, 0) is 28.6 Å². The van der Waals surface area contributed by atoms with Gasteiger partial charge in [-0.2, -0.15) is 0 Å². The summed E-state index contributed by atoms with van der Waals surface area (Å²) in [7, 11) is 0. The number of hydrogen-bond acceptors (Lipinski definition) is 11. The molecule has 0 aromatic rings. The van der Waals surface area contributed by atoms with Crippen LogP contribution in [-0.4, -0.2) is 97.2 Å². The molecule has 0 aliphatic carbocycles. The highest BCUT2D eigenvalue weighted by Gasteiger charge is 2.56. The van der Waals surface area contributed by atoms with Gasteiger partial charge in [-0.1, -0.05) is 92.7 Å². The van der Waals surface area contributed by atoms with E-state index < -0.39 is 89.0 Å². The molecule has 3 rings (SSSR count). The Morgan fingerprint density at radius 2 is 1.48 bits per heavy atom. The number of aliphatic hydroxyl groups is 5. The van der Waals surface area contributed by atoms with Gasteiger partial charge in [0.15, 0.2) is 11.6 Å². The third-order valence-corrected chi connectivity index (χ3v) is 13.4. The largest absolute Gasteiger partial charge is 0.458 e. The van der Waals surface area contributed by atoms with Crippen LogP contribution in [0.3, 0.4) is 0 Å². The van der Waals surface area contributed by atoms with Crippen LogP contribution in [0, 0.1) is 53.3 Å². The van der Waals surface area contributed by atoms with Gasteiger partial charge in [0.2, 0.25) is 0 Å². The summed E-state index contributed by atoms with van der Waals surface area (Å²) in [6, 6.07) is 0. The van der Waals surface area contributed by atoms with Gasteiger partial charge in [-0.05, 0) is 70.1 Å². The highest BCUT2D eigenvalue weighted by atomic mass is 16.7. The molecular formula is C45H74O11. The summed E-state index contributed by atoms with van der Waals surface area (Å²) in [6.07, 6.45) is 9.62. The number of Topliss-reactive ketones (excluding diaryl/α,β-unsaturated/α-hetero) is 2. The number of fused-ring (bicyclic) bond motifs is 2. The summed E-state index contributed by atoms with van der Waals surface area (Å²) < 4.78 is 20.0. The number of carbonyl (C=O) groups is 3. The molecule has 2 saturated heterocycles. The normalized spacial score (nSPS) is 46.2. The van der Waals surface area contributed by atoms with Crippen molar-refractivity contribution >= 4 is 17.5 Å². The van der Waals surface area contributed by atoms with Crippen LogP contribution in [0.1, 0.15) is 121 Å². The third kappa shape index (κ3) is 11.5. The van der Waals surface area contributed by atoms with Crippen molar-refractivity contribution < 1.29 is 54.1 Å². The van der Waals surface area contributed by atoms with Crippen molar-refractivity contribution in [2.75, 3.05) is 0 Å². The van der Waals surface area contributed by atoms with Crippen molar-refractivity contribution in [2.24, 2.45) is 53.3 Å². The van der Waals surface area contributed by atoms with E-state index >= 15 is 0 Å². The monoisotopic (exact) mass is 791 g/mol. The molecule has 0 saturated carbocycles. The smallest absolute Gasteiger partial charge is 0.330 e. The molecule has 0 aromatic heterocycles. The van der Waals surface area contributed by atoms with Crippen LogP contribution in [0.4, 0.5) is 0 Å². The lowest BCUT2D eigenvalue weighted by Crippen LogP contribution is -2.62. The highest BCUT2D eigenvalue weighted by Crippen LogP contribution is 2.49. The Labute approximate surface area is 336 Å². The first-order valence-corrected chi connectivity index (χ1v) is 21.2. The molecule has 3 aliphatic rings. The van der Waals surface area contributed by atoms with Gasteiger partial charge in [-0.15, -0.1) is 0 Å². The Bertz CT molecular complexity index is 1390. The molecule has 2 bridgehead atoms. The van der Waals surface area contributed by atoms with Crippen LogP contribution < -0.4 is 0 Å². The van der Waals surface area contributed by atoms with Crippen LogP contribution in [0.2, 0.25) is 0 Å². The maximum atomic E-state index is 13.5. The van der Waals surface area contributed by atoms with Gasteiger partial charge >= 0.3 is 5.97 Å². The molecule has 3 heterocycles. The van der Waals surface area contributed by atoms with E-state index in [0.717, 1.165) is 19.3 Å². The summed E-state index contributed by atoms with van der Waals surface area (Å²) in [5.41, 5.74) is -2.18. The number of hydrogen-bond donors (Lipinski definition) is 5. The van der Waals surface area contributed by atoms with Crippen molar-refractivity contribution in [2.45, 2.75) is 175 Å². The van der Waals surface area contributed by atoms with E-state index in [-0.39, 0.29) is 35.9 Å². The molecule has 18 atom stereocenters. The highest BCUT2D eigenvalue weighted by molar-refractivity contribution is 5.91. The predicted octanol–water partition coefficient (Wildman–Crippen LogP) is 5.88. The Morgan fingerprint density at radius 1 is 0.839 bits per heavy atom. The number of esters is 1. The molecule has 5 N–H and O–H groups in total. The topological polar surface area (TPSA) is 180 Å². The Morgan fingerprint density at radius 3 is 2.11 bits per heavy atom. The molecule has 320 valence electrons. The first kappa shape index (κ1) is 48.1. The van der Waals surface area contributed by atoms with Crippen LogP contribution >= 0.6 is 0 Å². The first-order valence-electron chi connectivity index (χ1n) is 21.2. The van der Waals surface area contributed by atoms with E-state index in [1.54, 1.807) is 20.8 Å². The molecule has 2 fully saturated rings. The number of carbonyl (C=O) groups excluding carboxylic acids is 3. The maximum absolute atomic E-state index is 13.5. The van der Waals surface area contributed by atoms with Crippen molar-refractivity contribution in [3.63, 3.8) is 0 Å². The first-order chi connectivity index (χ1) is 26.1. The van der Waals surface area contributed by atoms with Crippen molar-refractivity contribution in [1.29, 1.82) is 0 Å². The van der Waals surface area contributed by atoms with Gasteiger partial charge in [0.1, 0.15) is 17.5 Å². The minimum absolute atomic E-state index is 0.168. The summed E-state index contributed by atoms with van der Waals surface area (Å²) in [6.45, 7) is 19.1. The minimum atomic E-state index is -2.18. The van der Waals surface area contributed by atoms with Gasteiger partial charge in [0.05, 0.1) is 36.6 Å². The lowest BCUT2D eigenvalue weighted by Gasteiger charge is -2.55. The van der Waals surface area contributed by atoms with E-state index in [4.69, 9.17) is 14.2 Å². The summed E-state index contributed by atoms with van der Waals surface area (Å²) in [4.78, 5) is 40.5. The average molecular weight is 791 g/mol. The molecule has 11 heteroatoms. The number of allylic oxidation sites excluding steroid dienone is 4. The Kier molecular flexibility index (Phi) is 17.7. The zero-order valence-electron chi connectivity index (χ0n) is 35.8. The van der Waals surface area contributed by atoms with E-state index in [1.165, 1.54) is 39.8 Å². The van der Waals surface area contributed by atoms with E-state index in [9.17, 15) is 39.9 Å². The van der Waals surface area contributed by atoms with Crippen LogP contribution in [0.5, 0.6) is 0 Å². The van der Waals surface area contributed by atoms with E-state index in [0.29, 0.717) is 25.7 Å². The van der Waals surface area contributed by atoms with Gasteiger partial charge in [-0.3, -0.25) is 9.59 Å². The molecular weight excluding hydrogens is 716 g/mol. The number of ether oxygens (including phenoxy) is 3. The molecule has 56 heavy (non-hydrogen) atoms. The molecule has 1 spiro atoms. The second-order valence-electron chi connectivity index (χ2n) is 18.0. The van der Waals surface area contributed by atoms with E-state index in [2.05, 4.69) is 19.9 Å². The van der Waals surface area contributed by atoms with E-state index in [1.807, 2.05) is 32.1 Å². The molecule has 11 nitrogen and oxygen atoms in total. The standard InChI is InChI=1S/C45H74O11/c1-12-34-17-15-13-14-16-27(4)42(51)44(11,53)43(52)32(9)40(50)31(8)39(49)30(7)38(48)26(3)18-21-37(47)54-41-29(6)35(20-19-34)55-45(33(41)10)23-22-25(2)36(56-45)24-28(5)46/h13-15,17-18,21,25-36,38,40-42,46,48,50-51,53H,12,16,19-20,22-24H2,1-11H3/b14-13-,17-15?,21-18-/t25-,26-,27+,28+,29+,30-,31-,32-,33-,34-,35-,36-,38+,40+,41+,42-,44+,45-/m0/s1. The molecule has 3 aliphatic heterocycles. The summed E-state index contributed by atoms with van der Waals surface area (Å²) in [5.74, 6) is -7.28. The van der Waals surface area contributed by atoms with Crippen molar-refractivity contribution in [1.82, 2.24) is 0 Å². The van der Waals surface area contributed by atoms with Crippen molar-refractivity contribution in [3.05, 3.63) is 36.5 Å². The zero-order valence-corrected chi connectivity index (χ0v) is 35.8. The van der Waals surface area contributed by atoms with Crippen LogP contribution in [0.15, 0.2) is 36.5 Å². The third-order valence-electron chi connectivity index (χ3n) is 13.4. The van der Waals surface area contributed by atoms with Gasteiger partial charge in [0.25, 0.3) is 0 Å². The van der Waals surface area contributed by atoms with Crippen LogP contribution in [0.25, 0.3) is 0 Å². The SMILES string of the molecule is CC[C@H]1C=C/C=C\C[C@@H](C)[C@H](O)[C@@](C)(O)C(=O)[C@@H](C)[C@H](O)[C@@H](C)C(=O)[C@@H](C)[C@H](O)[C@@H](C)/C=C\C(=O)O[C@@H]2[C@H](C)[C@H](CC1)O[C@]1(CC[C@H](C)[C@H](C[C@@H](C)O)O1)[C@H]2C. The minimum Gasteiger partial charge on any atom is -0.458 e. The molecule has 0 radical (unpaired) electrons. The van der Waals surface area contributed by atoms with Gasteiger partial charge < -0.3 is 39.7 Å². The van der Waals surface area contributed by atoms with Gasteiger partial charge in [-0.25, -0.2) is 4.79 Å². The fourth-order valence-electron chi connectivity index (χ4n) is 9.01. The number of ketones is 2. The summed E-state index contributed by atoms with van der Waals surface area (Å²) >= 11 is 0. The quantitative estimate of drug-likeness (QED) is 0.216. The Balaban J connectivity index is 1.99. The number of aliphatic hydroxyl groups excluding tert-OH is 4. The zero-order chi connectivity index (χ0) is 42.3. The lowest BCUT2D eigenvalue weighted by molar-refractivity contribution is -0.371.